The van der Waals surface area contributed by atoms with E-state index in [1.807, 2.05) is 0 Å². The van der Waals surface area contributed by atoms with Gasteiger partial charge in [0.05, 0.1) is 0 Å². The van der Waals surface area contributed by atoms with Gasteiger partial charge in [-0.3, -0.25) is 0 Å². The van der Waals surface area contributed by atoms with Crippen LogP contribution in [0.2, 0.25) is 0 Å². The molecule has 0 radical (unpaired) electrons. The summed E-state index contributed by atoms with van der Waals surface area (Å²) >= 11 is 0. The fourth-order valence-electron chi connectivity index (χ4n) is 1.49. The molecule has 0 aromatic rings. The monoisotopic (exact) mass is 165 g/mol. The Kier molecular flexibility index (Phi) is 3.39. The lowest BCUT2D eigenvalue weighted by Crippen LogP contribution is -2.18. The van der Waals surface area contributed by atoms with Crippen LogP contribution in [-0.4, -0.2) is 18.5 Å². The van der Waals surface area contributed by atoms with Crippen LogP contribution in [0, 0.1) is 0 Å². The molecule has 0 aliphatic heterocycles. The first-order valence-electron chi connectivity index (χ1n) is 4.87. The molecule has 0 aromatic heterocycles. The van der Waals surface area contributed by atoms with Crippen molar-refractivity contribution in [2.24, 2.45) is 0 Å². The van der Waals surface area contributed by atoms with E-state index in [2.05, 4.69) is 37.9 Å². The van der Waals surface area contributed by atoms with Crippen LogP contribution in [0.15, 0.2) is 23.4 Å². The first-order valence-corrected chi connectivity index (χ1v) is 4.87. The molecular weight excluding hydrogens is 146 g/mol. The molecule has 1 rings (SSSR count). The molecule has 0 fully saturated rings. The van der Waals surface area contributed by atoms with Crippen molar-refractivity contribution in [3.05, 3.63) is 23.4 Å². The van der Waals surface area contributed by atoms with Gasteiger partial charge >= 0.3 is 0 Å². The van der Waals surface area contributed by atoms with Gasteiger partial charge in [-0.1, -0.05) is 18.6 Å². The van der Waals surface area contributed by atoms with E-state index < -0.39 is 0 Å². The Hall–Kier alpha value is -0.720. The van der Waals surface area contributed by atoms with Crippen LogP contribution in [0.5, 0.6) is 0 Å². The number of hydrogen-bond donors (Lipinski definition) is 0. The molecule has 12 heavy (non-hydrogen) atoms. The van der Waals surface area contributed by atoms with Gasteiger partial charge in [0.15, 0.2) is 0 Å². The SMILES string of the molecule is CCC1=CC=C(N(C)CC)CC1. The summed E-state index contributed by atoms with van der Waals surface area (Å²) in [5.74, 6) is 0. The quantitative estimate of drug-likeness (QED) is 0.621. The smallest absolute Gasteiger partial charge is 0.0143 e. The number of allylic oxidation sites excluding steroid dienone is 4. The van der Waals surface area contributed by atoms with E-state index in [0.717, 1.165) is 6.54 Å². The molecule has 68 valence electrons. The topological polar surface area (TPSA) is 3.24 Å². The van der Waals surface area contributed by atoms with Gasteiger partial charge < -0.3 is 4.90 Å². The minimum absolute atomic E-state index is 1.11. The molecule has 0 saturated heterocycles. The molecule has 0 atom stereocenters. The van der Waals surface area contributed by atoms with Crippen LogP contribution < -0.4 is 0 Å². The van der Waals surface area contributed by atoms with Crippen molar-refractivity contribution in [2.45, 2.75) is 33.1 Å². The van der Waals surface area contributed by atoms with Crippen molar-refractivity contribution in [3.63, 3.8) is 0 Å². The fourth-order valence-corrected chi connectivity index (χ4v) is 1.49. The zero-order chi connectivity index (χ0) is 8.97. The largest absolute Gasteiger partial charge is 0.378 e. The van der Waals surface area contributed by atoms with E-state index in [1.165, 1.54) is 25.0 Å². The predicted octanol–water partition coefficient (Wildman–Crippen LogP) is 2.95. The second-order valence-electron chi connectivity index (χ2n) is 3.35. The Morgan fingerprint density at radius 2 is 2.00 bits per heavy atom. The van der Waals surface area contributed by atoms with Gasteiger partial charge in [-0.15, -0.1) is 0 Å². The van der Waals surface area contributed by atoms with Gasteiger partial charge in [-0.05, 0) is 32.3 Å². The highest BCUT2D eigenvalue weighted by Gasteiger charge is 2.06. The number of hydrogen-bond acceptors (Lipinski definition) is 1. The van der Waals surface area contributed by atoms with Crippen molar-refractivity contribution in [1.82, 2.24) is 4.90 Å². The lowest BCUT2D eigenvalue weighted by Gasteiger charge is -2.23. The van der Waals surface area contributed by atoms with Crippen molar-refractivity contribution < 1.29 is 0 Å². The van der Waals surface area contributed by atoms with E-state index >= 15 is 0 Å². The maximum absolute atomic E-state index is 2.32. The Labute approximate surface area is 75.8 Å². The van der Waals surface area contributed by atoms with E-state index in [0.29, 0.717) is 0 Å². The van der Waals surface area contributed by atoms with Gasteiger partial charge in [-0.25, -0.2) is 0 Å². The highest BCUT2D eigenvalue weighted by atomic mass is 15.1. The van der Waals surface area contributed by atoms with E-state index in [9.17, 15) is 0 Å². The van der Waals surface area contributed by atoms with Gasteiger partial charge in [-0.2, -0.15) is 0 Å². The summed E-state index contributed by atoms with van der Waals surface area (Å²) in [6, 6.07) is 0. The van der Waals surface area contributed by atoms with Crippen molar-refractivity contribution in [3.8, 4) is 0 Å². The molecule has 0 bridgehead atoms. The molecule has 1 aliphatic rings. The average molecular weight is 165 g/mol. The van der Waals surface area contributed by atoms with E-state index in [1.54, 1.807) is 5.57 Å². The Morgan fingerprint density at radius 3 is 2.42 bits per heavy atom. The number of nitrogens with zero attached hydrogens (tertiary/aromatic N) is 1. The standard InChI is InChI=1S/C11H19N/c1-4-10-6-8-11(9-7-10)12(3)5-2/h6,8H,4-5,7,9H2,1-3H3. The Morgan fingerprint density at radius 1 is 1.25 bits per heavy atom. The summed E-state index contributed by atoms with van der Waals surface area (Å²) in [5, 5.41) is 0. The minimum atomic E-state index is 1.11. The van der Waals surface area contributed by atoms with Crippen LogP contribution in [0.4, 0.5) is 0 Å². The maximum Gasteiger partial charge on any atom is 0.0143 e. The molecule has 0 amide bonds. The zero-order valence-electron chi connectivity index (χ0n) is 8.43. The highest BCUT2D eigenvalue weighted by Crippen LogP contribution is 2.21. The van der Waals surface area contributed by atoms with Crippen molar-refractivity contribution >= 4 is 0 Å². The molecule has 1 aliphatic carbocycles. The fraction of sp³-hybridized carbons (Fsp3) is 0.636. The molecule has 0 aromatic carbocycles. The zero-order valence-corrected chi connectivity index (χ0v) is 8.43. The van der Waals surface area contributed by atoms with Crippen LogP contribution in [-0.2, 0) is 0 Å². The van der Waals surface area contributed by atoms with Gasteiger partial charge in [0.2, 0.25) is 0 Å². The Balaban J connectivity index is 2.59. The third kappa shape index (κ3) is 2.13. The molecule has 0 N–H and O–H groups in total. The Bertz CT molecular complexity index is 201. The summed E-state index contributed by atoms with van der Waals surface area (Å²) < 4.78 is 0. The summed E-state index contributed by atoms with van der Waals surface area (Å²) in [5.41, 5.74) is 3.07. The first-order chi connectivity index (χ1) is 5.77. The summed E-state index contributed by atoms with van der Waals surface area (Å²) in [6.07, 6.45) is 8.24. The van der Waals surface area contributed by atoms with E-state index in [-0.39, 0.29) is 0 Å². The van der Waals surface area contributed by atoms with Gasteiger partial charge in [0, 0.05) is 19.3 Å². The average Bonchev–Trinajstić information content (AvgIpc) is 2.17. The minimum Gasteiger partial charge on any atom is -0.378 e. The molecule has 0 spiro atoms. The predicted molar refractivity (Wildman–Crippen MR) is 54.0 cm³/mol. The lowest BCUT2D eigenvalue weighted by atomic mass is 10.0. The second-order valence-corrected chi connectivity index (χ2v) is 3.35. The summed E-state index contributed by atoms with van der Waals surface area (Å²) in [7, 11) is 2.16. The molecule has 0 saturated carbocycles. The van der Waals surface area contributed by atoms with E-state index in [4.69, 9.17) is 0 Å². The highest BCUT2D eigenvalue weighted by molar-refractivity contribution is 5.22. The van der Waals surface area contributed by atoms with Crippen LogP contribution >= 0.6 is 0 Å². The first kappa shape index (κ1) is 9.37. The van der Waals surface area contributed by atoms with Crippen LogP contribution in [0.25, 0.3) is 0 Å². The van der Waals surface area contributed by atoms with Gasteiger partial charge in [0.1, 0.15) is 0 Å². The van der Waals surface area contributed by atoms with Crippen LogP contribution in [0.3, 0.4) is 0 Å². The molecule has 1 heteroatoms. The number of rotatable bonds is 3. The molecule has 1 nitrogen and oxygen atoms in total. The summed E-state index contributed by atoms with van der Waals surface area (Å²) in [6.45, 7) is 5.54. The van der Waals surface area contributed by atoms with Crippen molar-refractivity contribution in [2.75, 3.05) is 13.6 Å². The lowest BCUT2D eigenvalue weighted by molar-refractivity contribution is 0.420. The molecule has 0 heterocycles. The van der Waals surface area contributed by atoms with Gasteiger partial charge in [0.25, 0.3) is 0 Å². The molecular formula is C11H19N. The molecule has 0 unspecified atom stereocenters. The van der Waals surface area contributed by atoms with Crippen molar-refractivity contribution in [1.29, 1.82) is 0 Å². The maximum atomic E-state index is 2.32. The third-order valence-corrected chi connectivity index (χ3v) is 2.63. The summed E-state index contributed by atoms with van der Waals surface area (Å²) in [4.78, 5) is 2.32. The van der Waals surface area contributed by atoms with Crippen LogP contribution in [0.1, 0.15) is 33.1 Å². The normalized spacial score (nSPS) is 16.9. The third-order valence-electron chi connectivity index (χ3n) is 2.63. The second kappa shape index (κ2) is 4.34.